The van der Waals surface area contributed by atoms with Crippen LogP contribution in [0, 0.1) is 0 Å². The number of rotatable bonds is 8. The Morgan fingerprint density at radius 3 is 2.48 bits per heavy atom. The summed E-state index contributed by atoms with van der Waals surface area (Å²) in [5, 5.41) is 14.7. The number of carbonyl (C=O) groups is 2. The van der Waals surface area contributed by atoms with Crippen molar-refractivity contribution in [3.05, 3.63) is 57.6 Å². The molecule has 0 aromatic heterocycles. The lowest BCUT2D eigenvalue weighted by Gasteiger charge is -2.26. The molecule has 0 aliphatic carbocycles. The Kier molecular flexibility index (Phi) is 6.49. The maximum Gasteiger partial charge on any atom is 0.268 e. The van der Waals surface area contributed by atoms with Crippen LogP contribution in [-0.4, -0.2) is 48.5 Å². The fourth-order valence-corrected chi connectivity index (χ4v) is 4.36. The van der Waals surface area contributed by atoms with Crippen LogP contribution in [0.5, 0.6) is 0 Å². The molecule has 1 aliphatic rings. The van der Waals surface area contributed by atoms with Crippen molar-refractivity contribution >= 4 is 46.9 Å². The Bertz CT molecular complexity index is 933. The molecule has 1 heterocycles. The van der Waals surface area contributed by atoms with Gasteiger partial charge in [-0.15, -0.1) is 0 Å². The monoisotopic (exact) mass is 435 g/mol. The number of amides is 2. The van der Waals surface area contributed by atoms with E-state index in [0.717, 1.165) is 13.1 Å². The van der Waals surface area contributed by atoms with E-state index in [1.807, 2.05) is 13.8 Å². The molecule has 0 radical (unpaired) electrons. The minimum atomic E-state index is -2.01. The predicted octanol–water partition coefficient (Wildman–Crippen LogP) is 3.49. The summed E-state index contributed by atoms with van der Waals surface area (Å²) in [5.41, 5.74) is -0.563. The number of aliphatic hydroxyl groups is 1. The highest BCUT2D eigenvalue weighted by molar-refractivity contribution is 6.35. The van der Waals surface area contributed by atoms with Gasteiger partial charge in [-0.25, -0.2) is 0 Å². The zero-order valence-corrected chi connectivity index (χ0v) is 17.8. The normalized spacial score (nSPS) is 18.3. The van der Waals surface area contributed by atoms with Crippen LogP contribution in [0.25, 0.3) is 0 Å². The quantitative estimate of drug-likeness (QED) is 0.622. The maximum atomic E-state index is 13.5. The van der Waals surface area contributed by atoms with Crippen LogP contribution in [-0.2, 0) is 15.2 Å². The van der Waals surface area contributed by atoms with Gasteiger partial charge < -0.3 is 20.2 Å². The molecule has 0 spiro atoms. The van der Waals surface area contributed by atoms with Gasteiger partial charge in [0.2, 0.25) is 6.41 Å². The van der Waals surface area contributed by atoms with Crippen molar-refractivity contribution in [2.45, 2.75) is 19.4 Å². The van der Waals surface area contributed by atoms with Crippen molar-refractivity contribution in [1.29, 1.82) is 0 Å². The molecule has 0 saturated heterocycles. The van der Waals surface area contributed by atoms with E-state index in [0.29, 0.717) is 30.9 Å². The molecule has 3 rings (SSSR count). The Balaban J connectivity index is 2.16. The van der Waals surface area contributed by atoms with Crippen molar-refractivity contribution < 1.29 is 14.7 Å². The largest absolute Gasteiger partial charge is 0.372 e. The molecule has 1 atom stereocenters. The topological polar surface area (TPSA) is 72.9 Å². The third-order valence-electron chi connectivity index (χ3n) is 5.30. The summed E-state index contributed by atoms with van der Waals surface area (Å²) < 4.78 is 0. The highest BCUT2D eigenvalue weighted by Crippen LogP contribution is 2.50. The lowest BCUT2D eigenvalue weighted by molar-refractivity contribution is -0.132. The zero-order valence-electron chi connectivity index (χ0n) is 16.3. The second kappa shape index (κ2) is 8.71. The highest BCUT2D eigenvalue weighted by atomic mass is 35.5. The zero-order chi connectivity index (χ0) is 21.2. The van der Waals surface area contributed by atoms with Gasteiger partial charge in [-0.1, -0.05) is 55.2 Å². The second-order valence-corrected chi connectivity index (χ2v) is 7.60. The van der Waals surface area contributed by atoms with Gasteiger partial charge in [0.1, 0.15) is 0 Å². The lowest BCUT2D eigenvalue weighted by Crippen LogP contribution is -2.44. The standard InChI is InChI=1S/C21H23Cl2N3O3/c1-3-25(4-2)9-10-26-18-12-14(24-13-27)11-17(23)19(18)21(29,20(26)28)15-7-5-6-8-16(15)22/h5-8,11-13,29H,3-4,9-10H2,1-2H3,(H,24,27). The van der Waals surface area contributed by atoms with Crippen LogP contribution < -0.4 is 10.2 Å². The van der Waals surface area contributed by atoms with Gasteiger partial charge in [-0.3, -0.25) is 9.59 Å². The van der Waals surface area contributed by atoms with Crippen molar-refractivity contribution in [3.63, 3.8) is 0 Å². The molecule has 1 unspecified atom stereocenters. The van der Waals surface area contributed by atoms with Crippen LogP contribution >= 0.6 is 23.2 Å². The van der Waals surface area contributed by atoms with Gasteiger partial charge in [-0.2, -0.15) is 0 Å². The average Bonchev–Trinajstić information content (AvgIpc) is 2.91. The van der Waals surface area contributed by atoms with Crippen LogP contribution in [0.2, 0.25) is 10.0 Å². The van der Waals surface area contributed by atoms with Crippen molar-refractivity contribution in [1.82, 2.24) is 4.90 Å². The maximum absolute atomic E-state index is 13.5. The van der Waals surface area contributed by atoms with Crippen LogP contribution in [0.1, 0.15) is 25.0 Å². The first-order valence-electron chi connectivity index (χ1n) is 9.44. The molecule has 1 aliphatic heterocycles. The van der Waals surface area contributed by atoms with Gasteiger partial charge in [-0.05, 0) is 31.3 Å². The number of halogens is 2. The first-order valence-corrected chi connectivity index (χ1v) is 10.2. The lowest BCUT2D eigenvalue weighted by atomic mass is 9.87. The smallest absolute Gasteiger partial charge is 0.268 e. The number of hydrogen-bond donors (Lipinski definition) is 2. The molecular weight excluding hydrogens is 413 g/mol. The molecule has 0 fully saturated rings. The number of nitrogens with zero attached hydrogens (tertiary/aromatic N) is 2. The number of nitrogens with one attached hydrogen (secondary N) is 1. The minimum absolute atomic E-state index is 0.174. The molecule has 0 saturated carbocycles. The summed E-state index contributed by atoms with van der Waals surface area (Å²) in [4.78, 5) is 28.1. The Labute approximate surface area is 180 Å². The van der Waals surface area contributed by atoms with E-state index in [4.69, 9.17) is 23.2 Å². The average molecular weight is 436 g/mol. The molecule has 29 heavy (non-hydrogen) atoms. The van der Waals surface area contributed by atoms with Crippen LogP contribution in [0.15, 0.2) is 36.4 Å². The molecule has 2 N–H and O–H groups in total. The summed E-state index contributed by atoms with van der Waals surface area (Å²) in [7, 11) is 0. The van der Waals surface area contributed by atoms with E-state index in [2.05, 4.69) is 10.2 Å². The number of carbonyl (C=O) groups excluding carboxylic acids is 2. The predicted molar refractivity (Wildman–Crippen MR) is 116 cm³/mol. The first-order chi connectivity index (χ1) is 13.9. The van der Waals surface area contributed by atoms with Gasteiger partial charge in [0.25, 0.3) is 5.91 Å². The molecule has 2 aromatic rings. The number of benzene rings is 2. The van der Waals surface area contributed by atoms with Gasteiger partial charge >= 0.3 is 0 Å². The highest BCUT2D eigenvalue weighted by Gasteiger charge is 2.53. The molecule has 0 bridgehead atoms. The summed E-state index contributed by atoms with van der Waals surface area (Å²) in [6, 6.07) is 9.83. The molecule has 8 heteroatoms. The van der Waals surface area contributed by atoms with E-state index >= 15 is 0 Å². The van der Waals surface area contributed by atoms with Gasteiger partial charge in [0.05, 0.1) is 10.7 Å². The molecule has 6 nitrogen and oxygen atoms in total. The number of anilines is 2. The Morgan fingerprint density at radius 2 is 1.86 bits per heavy atom. The number of likely N-dealkylation sites (N-methyl/N-ethyl adjacent to an activating group) is 1. The molecule has 2 amide bonds. The second-order valence-electron chi connectivity index (χ2n) is 6.79. The van der Waals surface area contributed by atoms with E-state index < -0.39 is 11.5 Å². The van der Waals surface area contributed by atoms with Crippen LogP contribution in [0.4, 0.5) is 11.4 Å². The van der Waals surface area contributed by atoms with Crippen molar-refractivity contribution in [2.75, 3.05) is 36.4 Å². The Hall–Kier alpha value is -2.12. The van der Waals surface area contributed by atoms with E-state index in [-0.39, 0.29) is 21.2 Å². The summed E-state index contributed by atoms with van der Waals surface area (Å²) >= 11 is 12.8. The summed E-state index contributed by atoms with van der Waals surface area (Å²) in [6.07, 6.45) is 0.537. The van der Waals surface area contributed by atoms with Crippen molar-refractivity contribution in [2.24, 2.45) is 0 Å². The van der Waals surface area contributed by atoms with E-state index in [9.17, 15) is 14.7 Å². The fourth-order valence-electron chi connectivity index (χ4n) is 3.73. The van der Waals surface area contributed by atoms with Gasteiger partial charge in [0, 0.05) is 34.9 Å². The van der Waals surface area contributed by atoms with Crippen LogP contribution in [0.3, 0.4) is 0 Å². The molecular formula is C21H23Cl2N3O3. The first kappa shape index (κ1) is 21.6. The van der Waals surface area contributed by atoms with E-state index in [1.165, 1.54) is 11.0 Å². The summed E-state index contributed by atoms with van der Waals surface area (Å²) in [5.74, 6) is -0.516. The van der Waals surface area contributed by atoms with Gasteiger partial charge in [0.15, 0.2) is 5.60 Å². The Morgan fingerprint density at radius 1 is 1.17 bits per heavy atom. The van der Waals surface area contributed by atoms with E-state index in [1.54, 1.807) is 30.3 Å². The number of fused-ring (bicyclic) bond motifs is 1. The number of hydrogen-bond acceptors (Lipinski definition) is 4. The third kappa shape index (κ3) is 3.73. The molecule has 154 valence electrons. The SMILES string of the molecule is CCN(CC)CCN1C(=O)C(O)(c2ccccc2Cl)c2c(Cl)cc(NC=O)cc21. The molecule has 2 aromatic carbocycles. The minimum Gasteiger partial charge on any atom is -0.372 e. The fraction of sp³-hybridized carbons (Fsp3) is 0.333. The summed E-state index contributed by atoms with van der Waals surface area (Å²) in [6.45, 7) is 6.76. The third-order valence-corrected chi connectivity index (χ3v) is 5.93. The van der Waals surface area contributed by atoms with Crippen molar-refractivity contribution in [3.8, 4) is 0 Å².